The van der Waals surface area contributed by atoms with E-state index in [2.05, 4.69) is 6.92 Å². The highest BCUT2D eigenvalue weighted by Gasteiger charge is 2.41. The van der Waals surface area contributed by atoms with Gasteiger partial charge in [-0.2, -0.15) is 0 Å². The lowest BCUT2D eigenvalue weighted by atomic mass is 9.76. The molecule has 1 saturated carbocycles. The molecule has 0 aromatic carbocycles. The van der Waals surface area contributed by atoms with Crippen molar-refractivity contribution in [3.63, 3.8) is 0 Å². The van der Waals surface area contributed by atoms with Crippen LogP contribution in [0, 0.1) is 11.8 Å². The van der Waals surface area contributed by atoms with Crippen molar-refractivity contribution >= 4 is 11.8 Å². The predicted octanol–water partition coefficient (Wildman–Crippen LogP) is 0.226. The number of primary amides is 1. The Bertz CT molecular complexity index is 335. The van der Waals surface area contributed by atoms with Crippen LogP contribution >= 0.6 is 0 Å². The third-order valence-corrected chi connectivity index (χ3v) is 4.42. The molecule has 5 nitrogen and oxygen atoms in total. The molecule has 1 heterocycles. The molecular formula is C13H23N3O2. The predicted molar refractivity (Wildman–Crippen MR) is 68.4 cm³/mol. The molecule has 1 aliphatic carbocycles. The van der Waals surface area contributed by atoms with Gasteiger partial charge in [0.25, 0.3) is 0 Å². The van der Waals surface area contributed by atoms with Gasteiger partial charge in [-0.3, -0.25) is 9.59 Å². The zero-order chi connectivity index (χ0) is 13.3. The van der Waals surface area contributed by atoms with E-state index in [1.807, 2.05) is 0 Å². The number of rotatable bonds is 2. The minimum Gasteiger partial charge on any atom is -0.368 e. The number of likely N-dealkylation sites (tertiary alicyclic amines) is 1. The molecule has 2 aliphatic rings. The largest absolute Gasteiger partial charge is 0.368 e. The zero-order valence-electron chi connectivity index (χ0n) is 11.0. The van der Waals surface area contributed by atoms with Gasteiger partial charge in [-0.05, 0) is 31.6 Å². The zero-order valence-corrected chi connectivity index (χ0v) is 11.0. The van der Waals surface area contributed by atoms with Gasteiger partial charge in [-0.1, -0.05) is 13.3 Å². The first-order valence-corrected chi connectivity index (χ1v) is 6.87. The Hall–Kier alpha value is -1.10. The van der Waals surface area contributed by atoms with E-state index in [-0.39, 0.29) is 17.9 Å². The highest BCUT2D eigenvalue weighted by molar-refractivity contribution is 5.88. The Morgan fingerprint density at radius 2 is 1.89 bits per heavy atom. The van der Waals surface area contributed by atoms with Crippen molar-refractivity contribution < 1.29 is 9.59 Å². The average Bonchev–Trinajstić information content (AvgIpc) is 2.77. The molecule has 5 heteroatoms. The molecule has 18 heavy (non-hydrogen) atoms. The van der Waals surface area contributed by atoms with Crippen molar-refractivity contribution in [2.45, 2.75) is 51.1 Å². The van der Waals surface area contributed by atoms with Gasteiger partial charge in [-0.15, -0.1) is 0 Å². The molecule has 4 unspecified atom stereocenters. The first-order valence-electron chi connectivity index (χ1n) is 6.87. The second-order valence-corrected chi connectivity index (χ2v) is 5.69. The van der Waals surface area contributed by atoms with Crippen LogP contribution in [0.25, 0.3) is 0 Å². The van der Waals surface area contributed by atoms with Crippen molar-refractivity contribution in [1.82, 2.24) is 4.90 Å². The number of nitrogens with zero attached hydrogens (tertiary/aromatic N) is 1. The summed E-state index contributed by atoms with van der Waals surface area (Å²) in [6, 6.07) is -0.491. The van der Waals surface area contributed by atoms with Crippen molar-refractivity contribution in [3.8, 4) is 0 Å². The molecule has 0 radical (unpaired) electrons. The van der Waals surface area contributed by atoms with Crippen molar-refractivity contribution in [1.29, 1.82) is 0 Å². The monoisotopic (exact) mass is 253 g/mol. The number of carbonyl (C=O) groups is 2. The summed E-state index contributed by atoms with van der Waals surface area (Å²) in [5, 5.41) is 0. The van der Waals surface area contributed by atoms with Gasteiger partial charge in [0.15, 0.2) is 0 Å². The second-order valence-electron chi connectivity index (χ2n) is 5.69. The number of amides is 2. The number of nitrogens with two attached hydrogens (primary N) is 2. The van der Waals surface area contributed by atoms with E-state index in [9.17, 15) is 9.59 Å². The Morgan fingerprint density at radius 3 is 2.50 bits per heavy atom. The van der Waals surface area contributed by atoms with Gasteiger partial charge in [0.05, 0.1) is 5.92 Å². The Kier molecular flexibility index (Phi) is 3.90. The molecule has 0 spiro atoms. The summed E-state index contributed by atoms with van der Waals surface area (Å²) in [7, 11) is 0. The Balaban J connectivity index is 2.12. The maximum Gasteiger partial charge on any atom is 0.240 e. The average molecular weight is 253 g/mol. The molecule has 4 N–H and O–H groups in total. The standard InChI is InChI=1S/C13H23N3O2/c1-8-4-2-5-9(14)11(8)13(18)16-7-3-6-10(16)12(15)17/h8-11H,2-7,14H2,1H3,(H2,15,17). The van der Waals surface area contributed by atoms with E-state index < -0.39 is 11.9 Å². The summed E-state index contributed by atoms with van der Waals surface area (Å²) in [6.45, 7) is 2.72. The molecule has 102 valence electrons. The molecule has 0 bridgehead atoms. The summed E-state index contributed by atoms with van der Waals surface area (Å²) in [6.07, 6.45) is 4.58. The number of hydrogen-bond donors (Lipinski definition) is 2. The maximum atomic E-state index is 12.6. The summed E-state index contributed by atoms with van der Waals surface area (Å²) < 4.78 is 0. The summed E-state index contributed by atoms with van der Waals surface area (Å²) >= 11 is 0. The fourth-order valence-corrected chi connectivity index (χ4v) is 3.40. The van der Waals surface area contributed by atoms with E-state index in [1.54, 1.807) is 4.90 Å². The molecule has 2 rings (SSSR count). The number of carbonyl (C=O) groups excluding carboxylic acids is 2. The lowest BCUT2D eigenvalue weighted by Crippen LogP contribution is -2.52. The van der Waals surface area contributed by atoms with E-state index in [4.69, 9.17) is 11.5 Å². The van der Waals surface area contributed by atoms with Crippen molar-refractivity contribution in [3.05, 3.63) is 0 Å². The van der Waals surface area contributed by atoms with Gasteiger partial charge in [-0.25, -0.2) is 0 Å². The quantitative estimate of drug-likeness (QED) is 0.738. The van der Waals surface area contributed by atoms with E-state index in [0.717, 1.165) is 25.7 Å². The second kappa shape index (κ2) is 5.26. The minimum absolute atomic E-state index is 0.0380. The molecule has 2 fully saturated rings. The van der Waals surface area contributed by atoms with Crippen LogP contribution in [0.15, 0.2) is 0 Å². The fraction of sp³-hybridized carbons (Fsp3) is 0.846. The first kappa shape index (κ1) is 13.3. The fourth-order valence-electron chi connectivity index (χ4n) is 3.40. The summed E-state index contributed by atoms with van der Waals surface area (Å²) in [5.74, 6) is -0.192. The van der Waals surface area contributed by atoms with Crippen LogP contribution in [0.5, 0.6) is 0 Å². The molecule has 1 aliphatic heterocycles. The third-order valence-electron chi connectivity index (χ3n) is 4.42. The van der Waals surface area contributed by atoms with Crippen molar-refractivity contribution in [2.24, 2.45) is 23.3 Å². The van der Waals surface area contributed by atoms with E-state index in [0.29, 0.717) is 18.9 Å². The molecule has 1 saturated heterocycles. The van der Waals surface area contributed by atoms with E-state index in [1.165, 1.54) is 0 Å². The van der Waals surface area contributed by atoms with Crippen LogP contribution in [-0.2, 0) is 9.59 Å². The summed E-state index contributed by atoms with van der Waals surface area (Å²) in [4.78, 5) is 25.6. The Labute approximate surface area is 108 Å². The third kappa shape index (κ3) is 2.36. The number of hydrogen-bond acceptors (Lipinski definition) is 3. The lowest BCUT2D eigenvalue weighted by Gasteiger charge is -2.37. The van der Waals surface area contributed by atoms with E-state index >= 15 is 0 Å². The highest BCUT2D eigenvalue weighted by atomic mass is 16.2. The van der Waals surface area contributed by atoms with Gasteiger partial charge >= 0.3 is 0 Å². The van der Waals surface area contributed by atoms with Crippen LogP contribution in [0.3, 0.4) is 0 Å². The van der Waals surface area contributed by atoms with Crippen LogP contribution in [0.1, 0.15) is 39.0 Å². The van der Waals surface area contributed by atoms with Crippen LogP contribution < -0.4 is 11.5 Å². The first-order chi connectivity index (χ1) is 8.52. The smallest absolute Gasteiger partial charge is 0.240 e. The topological polar surface area (TPSA) is 89.4 Å². The highest BCUT2D eigenvalue weighted by Crippen LogP contribution is 2.32. The van der Waals surface area contributed by atoms with Crippen LogP contribution in [-0.4, -0.2) is 35.3 Å². The lowest BCUT2D eigenvalue weighted by molar-refractivity contribution is -0.143. The molecular weight excluding hydrogens is 230 g/mol. The van der Waals surface area contributed by atoms with Gasteiger partial charge < -0.3 is 16.4 Å². The maximum absolute atomic E-state index is 12.6. The molecule has 4 atom stereocenters. The van der Waals surface area contributed by atoms with Gasteiger partial charge in [0, 0.05) is 12.6 Å². The Morgan fingerprint density at radius 1 is 1.17 bits per heavy atom. The van der Waals surface area contributed by atoms with Crippen LogP contribution in [0.4, 0.5) is 0 Å². The summed E-state index contributed by atoms with van der Waals surface area (Å²) in [5.41, 5.74) is 11.5. The van der Waals surface area contributed by atoms with Gasteiger partial charge in [0.1, 0.15) is 6.04 Å². The van der Waals surface area contributed by atoms with Crippen molar-refractivity contribution in [2.75, 3.05) is 6.54 Å². The normalized spacial score (nSPS) is 36.7. The van der Waals surface area contributed by atoms with Crippen LogP contribution in [0.2, 0.25) is 0 Å². The SMILES string of the molecule is CC1CCCC(N)C1C(=O)N1CCCC1C(N)=O. The molecule has 0 aromatic rings. The minimum atomic E-state index is -0.418. The molecule has 0 aromatic heterocycles. The molecule has 2 amide bonds. The van der Waals surface area contributed by atoms with Gasteiger partial charge in [0.2, 0.25) is 11.8 Å².